The molecule has 2 aromatic rings. The van der Waals surface area contributed by atoms with E-state index in [1.165, 1.54) is 11.6 Å². The van der Waals surface area contributed by atoms with Crippen LogP contribution in [-0.2, 0) is 11.3 Å². The van der Waals surface area contributed by atoms with E-state index in [1.807, 2.05) is 0 Å². The molecule has 20 heavy (non-hydrogen) atoms. The Morgan fingerprint density at radius 2 is 2.05 bits per heavy atom. The summed E-state index contributed by atoms with van der Waals surface area (Å²) in [6, 6.07) is 3.36. The van der Waals surface area contributed by atoms with Crippen LogP contribution in [0.5, 0.6) is 0 Å². The predicted octanol–water partition coefficient (Wildman–Crippen LogP) is 0.174. The van der Waals surface area contributed by atoms with Gasteiger partial charge in [0.2, 0.25) is 5.91 Å². The maximum absolute atomic E-state index is 11.2. The number of aromatic nitrogens is 4. The standard InChI is InChI=1S/C12H13N5O3/c1-8(18)14-6-7-17-11(9-2-4-13-5-3-9)10(12(19)20)15-16-17/h2-5H,6-7H2,1H3,(H,14,18)(H,19,20). The molecule has 2 N–H and O–H groups in total. The van der Waals surface area contributed by atoms with E-state index in [1.54, 1.807) is 24.5 Å². The lowest BCUT2D eigenvalue weighted by molar-refractivity contribution is -0.119. The summed E-state index contributed by atoms with van der Waals surface area (Å²) in [4.78, 5) is 25.9. The molecule has 0 aliphatic rings. The summed E-state index contributed by atoms with van der Waals surface area (Å²) in [5.74, 6) is -1.31. The number of aromatic carboxylic acids is 1. The van der Waals surface area contributed by atoms with Crippen LogP contribution in [0.2, 0.25) is 0 Å². The molecule has 0 bridgehead atoms. The monoisotopic (exact) mass is 275 g/mol. The highest BCUT2D eigenvalue weighted by molar-refractivity contribution is 5.92. The molecule has 0 radical (unpaired) electrons. The molecular weight excluding hydrogens is 262 g/mol. The van der Waals surface area contributed by atoms with Gasteiger partial charge in [-0.25, -0.2) is 9.48 Å². The molecule has 0 saturated heterocycles. The lowest BCUT2D eigenvalue weighted by Crippen LogP contribution is -2.25. The van der Waals surface area contributed by atoms with E-state index in [2.05, 4.69) is 20.6 Å². The third-order valence-electron chi connectivity index (χ3n) is 2.59. The van der Waals surface area contributed by atoms with Crippen molar-refractivity contribution in [2.75, 3.05) is 6.54 Å². The fraction of sp³-hybridized carbons (Fsp3) is 0.250. The topological polar surface area (TPSA) is 110 Å². The highest BCUT2D eigenvalue weighted by Crippen LogP contribution is 2.21. The van der Waals surface area contributed by atoms with E-state index < -0.39 is 5.97 Å². The largest absolute Gasteiger partial charge is 0.476 e. The number of carboxylic acid groups (broad SMARTS) is 1. The molecule has 0 unspecified atom stereocenters. The molecule has 0 aromatic carbocycles. The van der Waals surface area contributed by atoms with Crippen LogP contribution in [0.25, 0.3) is 11.3 Å². The Bertz CT molecular complexity index is 623. The first-order valence-corrected chi connectivity index (χ1v) is 5.91. The van der Waals surface area contributed by atoms with Gasteiger partial charge in [-0.2, -0.15) is 0 Å². The number of rotatable bonds is 5. The summed E-state index contributed by atoms with van der Waals surface area (Å²) >= 11 is 0. The molecule has 0 aliphatic heterocycles. The smallest absolute Gasteiger partial charge is 0.358 e. The van der Waals surface area contributed by atoms with Crippen molar-refractivity contribution in [3.63, 3.8) is 0 Å². The Balaban J connectivity index is 2.33. The number of hydrogen-bond donors (Lipinski definition) is 2. The number of carbonyl (C=O) groups is 2. The Morgan fingerprint density at radius 1 is 1.35 bits per heavy atom. The molecule has 104 valence electrons. The van der Waals surface area contributed by atoms with Gasteiger partial charge in [-0.1, -0.05) is 5.21 Å². The van der Waals surface area contributed by atoms with Crippen molar-refractivity contribution in [1.29, 1.82) is 0 Å². The van der Waals surface area contributed by atoms with Gasteiger partial charge in [-0.05, 0) is 12.1 Å². The van der Waals surface area contributed by atoms with Crippen LogP contribution in [0, 0.1) is 0 Å². The second-order valence-electron chi connectivity index (χ2n) is 4.03. The lowest BCUT2D eigenvalue weighted by atomic mass is 10.1. The third kappa shape index (κ3) is 2.97. The molecule has 2 aromatic heterocycles. The average molecular weight is 275 g/mol. The molecule has 8 heteroatoms. The zero-order valence-electron chi connectivity index (χ0n) is 10.8. The van der Waals surface area contributed by atoms with Crippen molar-refractivity contribution in [2.45, 2.75) is 13.5 Å². The van der Waals surface area contributed by atoms with Crippen molar-refractivity contribution >= 4 is 11.9 Å². The van der Waals surface area contributed by atoms with Gasteiger partial charge in [-0.3, -0.25) is 9.78 Å². The number of carbonyl (C=O) groups excluding carboxylic acids is 1. The Kier molecular flexibility index (Phi) is 4.04. The van der Waals surface area contributed by atoms with Crippen molar-refractivity contribution in [1.82, 2.24) is 25.3 Å². The summed E-state index contributed by atoms with van der Waals surface area (Å²) in [5, 5.41) is 19.3. The maximum atomic E-state index is 11.2. The highest BCUT2D eigenvalue weighted by atomic mass is 16.4. The van der Waals surface area contributed by atoms with Gasteiger partial charge in [0.25, 0.3) is 0 Å². The molecule has 1 amide bonds. The molecule has 0 saturated carbocycles. The van der Waals surface area contributed by atoms with Crippen molar-refractivity contribution in [3.8, 4) is 11.3 Å². The minimum Gasteiger partial charge on any atom is -0.476 e. The fourth-order valence-electron chi connectivity index (χ4n) is 1.75. The summed E-state index contributed by atoms with van der Waals surface area (Å²) in [6.07, 6.45) is 3.12. The van der Waals surface area contributed by atoms with E-state index in [0.717, 1.165) is 0 Å². The van der Waals surface area contributed by atoms with Gasteiger partial charge in [-0.15, -0.1) is 5.10 Å². The second-order valence-corrected chi connectivity index (χ2v) is 4.03. The number of nitrogens with one attached hydrogen (secondary N) is 1. The molecule has 0 atom stereocenters. The Hall–Kier alpha value is -2.77. The van der Waals surface area contributed by atoms with Crippen LogP contribution in [0.3, 0.4) is 0 Å². The van der Waals surface area contributed by atoms with E-state index in [0.29, 0.717) is 24.3 Å². The normalized spacial score (nSPS) is 10.2. The Labute approximate surface area is 114 Å². The average Bonchev–Trinajstić information content (AvgIpc) is 2.83. The highest BCUT2D eigenvalue weighted by Gasteiger charge is 2.20. The molecule has 0 fully saturated rings. The van der Waals surface area contributed by atoms with Crippen LogP contribution in [0.4, 0.5) is 0 Å². The van der Waals surface area contributed by atoms with Gasteiger partial charge in [0.15, 0.2) is 5.69 Å². The fourth-order valence-corrected chi connectivity index (χ4v) is 1.75. The minimum absolute atomic E-state index is 0.126. The number of pyridine rings is 1. The zero-order chi connectivity index (χ0) is 14.5. The molecule has 0 spiro atoms. The first-order chi connectivity index (χ1) is 9.59. The van der Waals surface area contributed by atoms with Crippen LogP contribution < -0.4 is 5.32 Å². The van der Waals surface area contributed by atoms with Gasteiger partial charge in [0, 0.05) is 31.4 Å². The first-order valence-electron chi connectivity index (χ1n) is 5.91. The summed E-state index contributed by atoms with van der Waals surface area (Å²) in [6.45, 7) is 2.08. The number of carboxylic acids is 1. The number of hydrogen-bond acceptors (Lipinski definition) is 5. The second kappa shape index (κ2) is 5.91. The zero-order valence-corrected chi connectivity index (χ0v) is 10.8. The van der Waals surface area contributed by atoms with E-state index in [9.17, 15) is 9.59 Å². The van der Waals surface area contributed by atoms with Crippen LogP contribution >= 0.6 is 0 Å². The third-order valence-corrected chi connectivity index (χ3v) is 2.59. The summed E-state index contributed by atoms with van der Waals surface area (Å²) < 4.78 is 1.45. The molecule has 2 heterocycles. The van der Waals surface area contributed by atoms with Crippen molar-refractivity contribution in [3.05, 3.63) is 30.2 Å². The first kappa shape index (κ1) is 13.7. The number of amides is 1. The van der Waals surface area contributed by atoms with Crippen LogP contribution in [0.15, 0.2) is 24.5 Å². The predicted molar refractivity (Wildman–Crippen MR) is 68.9 cm³/mol. The summed E-state index contributed by atoms with van der Waals surface area (Å²) in [5.41, 5.74) is 0.925. The van der Waals surface area contributed by atoms with Gasteiger partial charge in [0.05, 0.1) is 6.54 Å². The SMILES string of the molecule is CC(=O)NCCn1nnc(C(=O)O)c1-c1ccncc1. The molecular formula is C12H13N5O3. The van der Waals surface area contributed by atoms with Crippen molar-refractivity contribution < 1.29 is 14.7 Å². The summed E-state index contributed by atoms with van der Waals surface area (Å²) in [7, 11) is 0. The quantitative estimate of drug-likeness (QED) is 0.805. The molecule has 8 nitrogen and oxygen atoms in total. The van der Waals surface area contributed by atoms with E-state index in [4.69, 9.17) is 5.11 Å². The van der Waals surface area contributed by atoms with E-state index >= 15 is 0 Å². The molecule has 0 aliphatic carbocycles. The van der Waals surface area contributed by atoms with Crippen LogP contribution in [-0.4, -0.2) is 43.5 Å². The van der Waals surface area contributed by atoms with Crippen molar-refractivity contribution in [2.24, 2.45) is 0 Å². The molecule has 2 rings (SSSR count). The minimum atomic E-state index is -1.15. The maximum Gasteiger partial charge on any atom is 0.358 e. The van der Waals surface area contributed by atoms with Gasteiger partial charge in [0.1, 0.15) is 5.69 Å². The Morgan fingerprint density at radius 3 is 2.65 bits per heavy atom. The lowest BCUT2D eigenvalue weighted by Gasteiger charge is -2.07. The van der Waals surface area contributed by atoms with E-state index in [-0.39, 0.29) is 11.6 Å². The van der Waals surface area contributed by atoms with Crippen LogP contribution in [0.1, 0.15) is 17.4 Å². The van der Waals surface area contributed by atoms with Gasteiger partial charge >= 0.3 is 5.97 Å². The number of nitrogens with zero attached hydrogens (tertiary/aromatic N) is 4. The van der Waals surface area contributed by atoms with Gasteiger partial charge < -0.3 is 10.4 Å².